The van der Waals surface area contributed by atoms with Crippen LogP contribution in [0.25, 0.3) is 0 Å². The van der Waals surface area contributed by atoms with Gasteiger partial charge in [-0.15, -0.1) is 0 Å². The molecule has 2 N–H and O–H groups in total. The number of carbonyl (C=O) groups excluding carboxylic acids is 1. The van der Waals surface area contributed by atoms with Gasteiger partial charge < -0.3 is 10.6 Å². The van der Waals surface area contributed by atoms with Crippen LogP contribution in [0.4, 0.5) is 4.79 Å². The van der Waals surface area contributed by atoms with Gasteiger partial charge in [0.05, 0.1) is 12.2 Å². The first-order valence-corrected chi connectivity index (χ1v) is 6.57. The molecule has 106 valence electrons. The molecule has 0 radical (unpaired) electrons. The smallest absolute Gasteiger partial charge is 0.315 e. The van der Waals surface area contributed by atoms with Gasteiger partial charge in [0.1, 0.15) is 0 Å². The molecule has 0 saturated carbocycles. The minimum atomic E-state index is -0.176. The lowest BCUT2D eigenvalue weighted by atomic mass is 10.1. The van der Waals surface area contributed by atoms with Gasteiger partial charge in [-0.3, -0.25) is 9.67 Å². The van der Waals surface area contributed by atoms with E-state index >= 15 is 0 Å². The van der Waals surface area contributed by atoms with E-state index in [0.717, 1.165) is 17.5 Å². The summed E-state index contributed by atoms with van der Waals surface area (Å²) in [5, 5.41) is 9.79. The zero-order chi connectivity index (χ0) is 14.4. The molecule has 0 spiro atoms. The van der Waals surface area contributed by atoms with E-state index in [4.69, 9.17) is 0 Å². The van der Waals surface area contributed by atoms with Crippen LogP contribution in [0.2, 0.25) is 0 Å². The molecule has 2 rings (SSSR count). The second kappa shape index (κ2) is 6.70. The number of nitrogens with one attached hydrogen (secondary N) is 2. The van der Waals surface area contributed by atoms with Crippen molar-refractivity contribution in [1.82, 2.24) is 25.4 Å². The lowest BCUT2D eigenvalue weighted by Gasteiger charge is -2.14. The lowest BCUT2D eigenvalue weighted by Crippen LogP contribution is -2.38. The lowest BCUT2D eigenvalue weighted by molar-refractivity contribution is 0.238. The van der Waals surface area contributed by atoms with E-state index in [1.54, 1.807) is 23.3 Å². The van der Waals surface area contributed by atoms with E-state index < -0.39 is 0 Å². The topological polar surface area (TPSA) is 71.8 Å². The largest absolute Gasteiger partial charge is 0.338 e. The fraction of sp³-hybridized carbons (Fsp3) is 0.357. The molecule has 1 atom stereocenters. The Hall–Kier alpha value is -2.37. The van der Waals surface area contributed by atoms with Crippen molar-refractivity contribution >= 4 is 6.03 Å². The predicted octanol–water partition coefficient (Wildman–Crippen LogP) is 1.42. The molecule has 2 heterocycles. The molecule has 0 saturated heterocycles. The number of amides is 2. The van der Waals surface area contributed by atoms with Crippen LogP contribution in [0.3, 0.4) is 0 Å². The van der Waals surface area contributed by atoms with Gasteiger partial charge >= 0.3 is 6.03 Å². The number of aromatic nitrogens is 3. The minimum Gasteiger partial charge on any atom is -0.338 e. The van der Waals surface area contributed by atoms with Crippen LogP contribution in [0.5, 0.6) is 0 Å². The molecule has 0 bridgehead atoms. The normalized spacial score (nSPS) is 11.9. The molecule has 6 nitrogen and oxygen atoms in total. The van der Waals surface area contributed by atoms with Gasteiger partial charge in [-0.05, 0) is 30.5 Å². The zero-order valence-electron chi connectivity index (χ0n) is 11.7. The maximum Gasteiger partial charge on any atom is 0.315 e. The number of urea groups is 1. The van der Waals surface area contributed by atoms with Gasteiger partial charge in [0.25, 0.3) is 0 Å². The third-order valence-electron chi connectivity index (χ3n) is 2.99. The Kier molecular flexibility index (Phi) is 4.70. The van der Waals surface area contributed by atoms with Crippen LogP contribution >= 0.6 is 0 Å². The van der Waals surface area contributed by atoms with Crippen molar-refractivity contribution < 1.29 is 4.79 Å². The Morgan fingerprint density at radius 2 is 2.30 bits per heavy atom. The summed E-state index contributed by atoms with van der Waals surface area (Å²) in [6.07, 6.45) is 7.98. The van der Waals surface area contributed by atoms with Crippen LogP contribution in [-0.4, -0.2) is 27.3 Å². The molecule has 0 aliphatic heterocycles. The highest BCUT2D eigenvalue weighted by Gasteiger charge is 2.08. The standard InChI is InChI=1S/C14H19N5O/c1-11(13-4-3-6-15-9-13)18-14(20)16-7-5-12-8-17-19(2)10-12/h3-4,6,8-11H,5,7H2,1-2H3,(H2,16,18,20)/t11-/m1/s1. The van der Waals surface area contributed by atoms with Crippen LogP contribution in [0, 0.1) is 0 Å². The summed E-state index contributed by atoms with van der Waals surface area (Å²) in [6, 6.07) is 3.55. The van der Waals surface area contributed by atoms with Gasteiger partial charge in [-0.25, -0.2) is 4.79 Å². The SMILES string of the molecule is C[C@@H](NC(=O)NCCc1cnn(C)c1)c1cccnc1. The predicted molar refractivity (Wildman–Crippen MR) is 76.1 cm³/mol. The van der Waals surface area contributed by atoms with Crippen LogP contribution < -0.4 is 10.6 Å². The van der Waals surface area contributed by atoms with Crippen molar-refractivity contribution in [3.05, 3.63) is 48.0 Å². The van der Waals surface area contributed by atoms with Crippen LogP contribution in [0.1, 0.15) is 24.1 Å². The summed E-state index contributed by atoms with van der Waals surface area (Å²) in [7, 11) is 1.87. The molecule has 2 amide bonds. The van der Waals surface area contributed by atoms with Crippen molar-refractivity contribution in [2.45, 2.75) is 19.4 Å². The third-order valence-corrected chi connectivity index (χ3v) is 2.99. The molecular formula is C14H19N5O. The van der Waals surface area contributed by atoms with Gasteiger partial charge in [0.2, 0.25) is 0 Å². The van der Waals surface area contributed by atoms with Crippen molar-refractivity contribution in [3.63, 3.8) is 0 Å². The number of pyridine rings is 1. The maximum atomic E-state index is 11.8. The van der Waals surface area contributed by atoms with Gasteiger partial charge in [0, 0.05) is 32.2 Å². The van der Waals surface area contributed by atoms with Crippen molar-refractivity contribution in [2.75, 3.05) is 6.54 Å². The fourth-order valence-electron chi connectivity index (χ4n) is 1.88. The number of nitrogens with zero attached hydrogens (tertiary/aromatic N) is 3. The molecular weight excluding hydrogens is 254 g/mol. The van der Waals surface area contributed by atoms with Gasteiger partial charge in [-0.1, -0.05) is 6.07 Å². The van der Waals surface area contributed by atoms with E-state index in [2.05, 4.69) is 20.7 Å². The average molecular weight is 273 g/mol. The summed E-state index contributed by atoms with van der Waals surface area (Å²) in [5.41, 5.74) is 2.09. The second-order valence-electron chi connectivity index (χ2n) is 4.68. The average Bonchev–Trinajstić information content (AvgIpc) is 2.85. The van der Waals surface area contributed by atoms with Crippen LogP contribution in [0.15, 0.2) is 36.9 Å². The third kappa shape index (κ3) is 4.08. The van der Waals surface area contributed by atoms with Gasteiger partial charge in [-0.2, -0.15) is 5.10 Å². The Morgan fingerprint density at radius 3 is 2.95 bits per heavy atom. The Morgan fingerprint density at radius 1 is 1.45 bits per heavy atom. The van der Waals surface area contributed by atoms with E-state index in [9.17, 15) is 4.79 Å². The number of aryl methyl sites for hydroxylation is 1. The maximum absolute atomic E-state index is 11.8. The van der Waals surface area contributed by atoms with E-state index in [1.165, 1.54) is 0 Å². The first-order chi connectivity index (χ1) is 9.65. The molecule has 2 aromatic rings. The number of hydrogen-bond acceptors (Lipinski definition) is 3. The van der Waals surface area contributed by atoms with Gasteiger partial charge in [0.15, 0.2) is 0 Å². The number of rotatable bonds is 5. The first kappa shape index (κ1) is 14.0. The Bertz CT molecular complexity index is 552. The molecule has 0 unspecified atom stereocenters. The Labute approximate surface area is 118 Å². The molecule has 0 aromatic carbocycles. The number of hydrogen-bond donors (Lipinski definition) is 2. The van der Waals surface area contributed by atoms with Crippen LogP contribution in [-0.2, 0) is 13.5 Å². The quantitative estimate of drug-likeness (QED) is 0.865. The second-order valence-corrected chi connectivity index (χ2v) is 4.68. The highest BCUT2D eigenvalue weighted by molar-refractivity contribution is 5.74. The minimum absolute atomic E-state index is 0.0675. The summed E-state index contributed by atoms with van der Waals surface area (Å²) >= 11 is 0. The van der Waals surface area contributed by atoms with Crippen molar-refractivity contribution in [1.29, 1.82) is 0 Å². The monoisotopic (exact) mass is 273 g/mol. The van der Waals surface area contributed by atoms with Crippen molar-refractivity contribution in [2.24, 2.45) is 7.05 Å². The fourth-order valence-corrected chi connectivity index (χ4v) is 1.88. The molecule has 0 fully saturated rings. The summed E-state index contributed by atoms with van der Waals surface area (Å²) in [4.78, 5) is 15.8. The molecule has 0 aliphatic rings. The summed E-state index contributed by atoms with van der Waals surface area (Å²) < 4.78 is 1.75. The van der Waals surface area contributed by atoms with Crippen molar-refractivity contribution in [3.8, 4) is 0 Å². The molecule has 0 aliphatic carbocycles. The molecule has 2 aromatic heterocycles. The van der Waals surface area contributed by atoms with E-state index in [-0.39, 0.29) is 12.1 Å². The molecule has 20 heavy (non-hydrogen) atoms. The highest BCUT2D eigenvalue weighted by Crippen LogP contribution is 2.09. The van der Waals surface area contributed by atoms with E-state index in [0.29, 0.717) is 6.54 Å². The molecule has 6 heteroatoms. The highest BCUT2D eigenvalue weighted by atomic mass is 16.2. The number of carbonyl (C=O) groups is 1. The first-order valence-electron chi connectivity index (χ1n) is 6.57. The summed E-state index contributed by atoms with van der Waals surface area (Å²) in [6.45, 7) is 2.51. The van der Waals surface area contributed by atoms with E-state index in [1.807, 2.05) is 32.3 Å². The Balaban J connectivity index is 1.73. The zero-order valence-corrected chi connectivity index (χ0v) is 11.7. The summed E-state index contributed by atoms with van der Waals surface area (Å²) in [5.74, 6) is 0.